The Kier molecular flexibility index (Phi) is 3.72. The van der Waals surface area contributed by atoms with E-state index in [0.717, 1.165) is 53.6 Å². The molecule has 7 heteroatoms. The third kappa shape index (κ3) is 2.69. The van der Waals surface area contributed by atoms with Gasteiger partial charge in [0.15, 0.2) is 0 Å². The zero-order valence-electron chi connectivity index (χ0n) is 13.4. The van der Waals surface area contributed by atoms with Crippen LogP contribution in [0, 0.1) is 5.92 Å². The fourth-order valence-electron chi connectivity index (χ4n) is 3.17. The molecule has 0 aliphatic carbocycles. The molecule has 6 nitrogen and oxygen atoms in total. The fourth-order valence-corrected chi connectivity index (χ4v) is 3.98. The van der Waals surface area contributed by atoms with E-state index in [1.165, 1.54) is 0 Å². The fraction of sp³-hybridized carbons (Fsp3) is 0.500. The second-order valence-electron chi connectivity index (χ2n) is 6.38. The molecule has 0 fully saturated rings. The first kappa shape index (κ1) is 14.6. The Hall–Kier alpha value is -2.02. The van der Waals surface area contributed by atoms with Crippen molar-refractivity contribution in [3.63, 3.8) is 0 Å². The number of nitrogens with zero attached hydrogens (tertiary/aromatic N) is 5. The molecular weight excluding hydrogens is 308 g/mol. The molecule has 0 amide bonds. The van der Waals surface area contributed by atoms with Crippen LogP contribution in [0.2, 0.25) is 0 Å². The van der Waals surface area contributed by atoms with Gasteiger partial charge in [0.2, 0.25) is 0 Å². The van der Waals surface area contributed by atoms with Crippen molar-refractivity contribution in [2.45, 2.75) is 39.2 Å². The molecule has 1 N–H and O–H groups in total. The average molecular weight is 328 g/mol. The van der Waals surface area contributed by atoms with Crippen LogP contribution in [-0.2, 0) is 13.0 Å². The topological polar surface area (TPSA) is 68.5 Å². The summed E-state index contributed by atoms with van der Waals surface area (Å²) in [5.41, 5.74) is 1.01. The maximum atomic E-state index is 4.40. The minimum atomic E-state index is 0.413. The lowest BCUT2D eigenvalue weighted by atomic mass is 9.98. The monoisotopic (exact) mass is 328 g/mol. The molecular formula is C16H20N6S. The number of anilines is 1. The van der Waals surface area contributed by atoms with Gasteiger partial charge < -0.3 is 9.88 Å². The Bertz CT molecular complexity index is 821. The van der Waals surface area contributed by atoms with E-state index in [2.05, 4.69) is 49.3 Å². The van der Waals surface area contributed by atoms with Crippen molar-refractivity contribution in [3.05, 3.63) is 29.4 Å². The van der Waals surface area contributed by atoms with Gasteiger partial charge in [0, 0.05) is 25.4 Å². The first-order valence-electron chi connectivity index (χ1n) is 8.06. The molecule has 4 rings (SSSR count). The largest absolute Gasteiger partial charge is 0.368 e. The van der Waals surface area contributed by atoms with Crippen LogP contribution in [-0.4, -0.2) is 31.3 Å². The van der Waals surface area contributed by atoms with Crippen LogP contribution in [0.4, 0.5) is 5.82 Å². The zero-order chi connectivity index (χ0) is 15.8. The molecule has 0 saturated carbocycles. The second kappa shape index (κ2) is 5.88. The highest BCUT2D eigenvalue weighted by molar-refractivity contribution is 7.17. The third-order valence-electron chi connectivity index (χ3n) is 4.39. The standard InChI is InChI=1S/C16H20N6S/c1-10(2)16-21-20-13-4-3-11(8-22(13)16)7-17-15-14-12(5-6-23-14)18-9-19-15/h5-6,9-11H,3-4,7-8H2,1-2H3,(H,17,18,19). The number of rotatable bonds is 4. The molecule has 1 atom stereocenters. The van der Waals surface area contributed by atoms with E-state index in [4.69, 9.17) is 0 Å². The summed E-state index contributed by atoms with van der Waals surface area (Å²) in [6.45, 7) is 6.25. The minimum Gasteiger partial charge on any atom is -0.368 e. The number of nitrogens with one attached hydrogen (secondary N) is 1. The van der Waals surface area contributed by atoms with E-state index < -0.39 is 0 Å². The predicted molar refractivity (Wildman–Crippen MR) is 91.8 cm³/mol. The molecule has 0 aromatic carbocycles. The quantitative estimate of drug-likeness (QED) is 0.797. The Balaban J connectivity index is 1.48. The van der Waals surface area contributed by atoms with Crippen molar-refractivity contribution in [2.75, 3.05) is 11.9 Å². The van der Waals surface area contributed by atoms with Gasteiger partial charge in [-0.15, -0.1) is 21.5 Å². The highest BCUT2D eigenvalue weighted by atomic mass is 32.1. The summed E-state index contributed by atoms with van der Waals surface area (Å²) in [5.74, 6) is 4.17. The zero-order valence-corrected chi connectivity index (χ0v) is 14.2. The van der Waals surface area contributed by atoms with Gasteiger partial charge in [-0.25, -0.2) is 9.97 Å². The summed E-state index contributed by atoms with van der Waals surface area (Å²) < 4.78 is 3.44. The summed E-state index contributed by atoms with van der Waals surface area (Å²) in [5, 5.41) is 14.3. The number of fused-ring (bicyclic) bond motifs is 2. The Morgan fingerprint density at radius 2 is 2.26 bits per heavy atom. The molecule has 23 heavy (non-hydrogen) atoms. The molecule has 1 aliphatic rings. The Morgan fingerprint density at radius 3 is 3.13 bits per heavy atom. The summed E-state index contributed by atoms with van der Waals surface area (Å²) in [4.78, 5) is 8.69. The highest BCUT2D eigenvalue weighted by Crippen LogP contribution is 2.27. The molecule has 4 heterocycles. The van der Waals surface area contributed by atoms with E-state index in [-0.39, 0.29) is 0 Å². The average Bonchev–Trinajstić information content (AvgIpc) is 3.19. The number of hydrogen-bond acceptors (Lipinski definition) is 6. The van der Waals surface area contributed by atoms with Crippen LogP contribution in [0.3, 0.4) is 0 Å². The molecule has 0 saturated heterocycles. The van der Waals surface area contributed by atoms with E-state index >= 15 is 0 Å². The van der Waals surface area contributed by atoms with Crippen molar-refractivity contribution in [2.24, 2.45) is 5.92 Å². The van der Waals surface area contributed by atoms with E-state index in [0.29, 0.717) is 11.8 Å². The number of hydrogen-bond donors (Lipinski definition) is 1. The SMILES string of the molecule is CC(C)c1nnc2n1CC(CNc1ncnc3ccsc13)CC2. The van der Waals surface area contributed by atoms with Crippen molar-refractivity contribution in [1.29, 1.82) is 0 Å². The summed E-state index contributed by atoms with van der Waals surface area (Å²) in [6, 6.07) is 2.03. The van der Waals surface area contributed by atoms with Gasteiger partial charge >= 0.3 is 0 Å². The first-order valence-corrected chi connectivity index (χ1v) is 8.94. The van der Waals surface area contributed by atoms with Crippen LogP contribution in [0.15, 0.2) is 17.8 Å². The smallest absolute Gasteiger partial charge is 0.147 e. The molecule has 1 aliphatic heterocycles. The third-order valence-corrected chi connectivity index (χ3v) is 5.30. The Labute approximate surface area is 139 Å². The number of aromatic nitrogens is 5. The van der Waals surface area contributed by atoms with Crippen LogP contribution >= 0.6 is 11.3 Å². The molecule has 0 bridgehead atoms. The normalized spacial score (nSPS) is 17.6. The van der Waals surface area contributed by atoms with Gasteiger partial charge in [-0.05, 0) is 23.8 Å². The summed E-state index contributed by atoms with van der Waals surface area (Å²) in [7, 11) is 0. The first-order chi connectivity index (χ1) is 11.2. The van der Waals surface area contributed by atoms with Gasteiger partial charge in [-0.1, -0.05) is 13.8 Å². The lowest BCUT2D eigenvalue weighted by Gasteiger charge is -2.25. The predicted octanol–water partition coefficient (Wildman–Crippen LogP) is 3.08. The lowest BCUT2D eigenvalue weighted by Crippen LogP contribution is -2.27. The van der Waals surface area contributed by atoms with Crippen molar-refractivity contribution in [3.8, 4) is 0 Å². The van der Waals surface area contributed by atoms with E-state index in [1.54, 1.807) is 17.7 Å². The number of thiophene rings is 1. The summed E-state index contributed by atoms with van der Waals surface area (Å²) >= 11 is 1.68. The molecule has 3 aromatic rings. The van der Waals surface area contributed by atoms with Crippen LogP contribution in [0.25, 0.3) is 10.2 Å². The Morgan fingerprint density at radius 1 is 1.35 bits per heavy atom. The van der Waals surface area contributed by atoms with Gasteiger partial charge in [0.25, 0.3) is 0 Å². The molecule has 0 radical (unpaired) electrons. The van der Waals surface area contributed by atoms with Gasteiger partial charge in [0.05, 0.1) is 10.2 Å². The van der Waals surface area contributed by atoms with Gasteiger partial charge in [0.1, 0.15) is 23.8 Å². The highest BCUT2D eigenvalue weighted by Gasteiger charge is 2.24. The van der Waals surface area contributed by atoms with E-state index in [9.17, 15) is 0 Å². The van der Waals surface area contributed by atoms with Crippen LogP contribution < -0.4 is 5.32 Å². The van der Waals surface area contributed by atoms with Gasteiger partial charge in [-0.3, -0.25) is 0 Å². The lowest BCUT2D eigenvalue weighted by molar-refractivity contribution is 0.371. The maximum absolute atomic E-state index is 4.40. The van der Waals surface area contributed by atoms with E-state index in [1.807, 2.05) is 6.07 Å². The minimum absolute atomic E-state index is 0.413. The second-order valence-corrected chi connectivity index (χ2v) is 7.30. The number of aryl methyl sites for hydroxylation is 1. The van der Waals surface area contributed by atoms with Crippen molar-refractivity contribution in [1.82, 2.24) is 24.7 Å². The molecule has 3 aromatic heterocycles. The molecule has 120 valence electrons. The molecule has 0 spiro atoms. The summed E-state index contributed by atoms with van der Waals surface area (Å²) in [6.07, 6.45) is 3.78. The van der Waals surface area contributed by atoms with Crippen LogP contribution in [0.1, 0.15) is 37.8 Å². The van der Waals surface area contributed by atoms with Crippen molar-refractivity contribution >= 4 is 27.4 Å². The maximum Gasteiger partial charge on any atom is 0.147 e. The van der Waals surface area contributed by atoms with Crippen LogP contribution in [0.5, 0.6) is 0 Å². The van der Waals surface area contributed by atoms with Gasteiger partial charge in [-0.2, -0.15) is 0 Å². The molecule has 1 unspecified atom stereocenters. The van der Waals surface area contributed by atoms with Crippen molar-refractivity contribution < 1.29 is 0 Å².